The minimum Gasteiger partial charge on any atom is -0.497 e. The van der Waals surface area contributed by atoms with Crippen LogP contribution in [0, 0.1) is 0 Å². The molecule has 0 unspecified atom stereocenters. The lowest BCUT2D eigenvalue weighted by molar-refractivity contribution is -0.0471. The summed E-state index contributed by atoms with van der Waals surface area (Å²) in [6.45, 7) is 1.54. The van der Waals surface area contributed by atoms with Gasteiger partial charge in [-0.25, -0.2) is 0 Å². The van der Waals surface area contributed by atoms with Gasteiger partial charge in [0.2, 0.25) is 0 Å². The number of rotatable bonds is 3. The summed E-state index contributed by atoms with van der Waals surface area (Å²) in [6, 6.07) is 8.15. The Bertz CT molecular complexity index is 315. The summed E-state index contributed by atoms with van der Waals surface area (Å²) in [7, 11) is 1.68. The molecule has 3 heteroatoms. The van der Waals surface area contributed by atoms with Gasteiger partial charge in [-0.05, 0) is 17.7 Å². The van der Waals surface area contributed by atoms with E-state index in [4.69, 9.17) is 9.47 Å². The number of hydrogen-bond donors (Lipinski definition) is 1. The zero-order valence-corrected chi connectivity index (χ0v) is 9.09. The van der Waals surface area contributed by atoms with Gasteiger partial charge in [0.25, 0.3) is 0 Å². The predicted molar refractivity (Wildman–Crippen MR) is 59.3 cm³/mol. The number of ether oxygens (including phenoxy) is 2. The van der Waals surface area contributed by atoms with Gasteiger partial charge in [-0.15, -0.1) is 0 Å². The molecule has 0 aliphatic carbocycles. The molecule has 76 valence electrons. The van der Waals surface area contributed by atoms with E-state index < -0.39 is 0 Å². The molecule has 0 N–H and O–H groups in total. The van der Waals surface area contributed by atoms with Crippen molar-refractivity contribution in [2.45, 2.75) is 5.41 Å². The lowest BCUT2D eigenvalue weighted by Gasteiger charge is -2.40. The van der Waals surface area contributed by atoms with Crippen molar-refractivity contribution < 1.29 is 9.47 Å². The molecule has 1 fully saturated rings. The molecule has 2 rings (SSSR count). The fourth-order valence-corrected chi connectivity index (χ4v) is 2.02. The molecular weight excluding hydrogens is 196 g/mol. The third-order valence-corrected chi connectivity index (χ3v) is 3.35. The third kappa shape index (κ3) is 1.51. The van der Waals surface area contributed by atoms with Crippen molar-refractivity contribution in [2.24, 2.45) is 0 Å². The van der Waals surface area contributed by atoms with Gasteiger partial charge in [0.05, 0.1) is 25.7 Å². The van der Waals surface area contributed by atoms with Crippen molar-refractivity contribution in [1.82, 2.24) is 0 Å². The molecule has 0 atom stereocenters. The largest absolute Gasteiger partial charge is 0.497 e. The summed E-state index contributed by atoms with van der Waals surface area (Å²) >= 11 is 4.39. The second-order valence-corrected chi connectivity index (χ2v) is 3.98. The maximum atomic E-state index is 5.27. The first-order valence-electron chi connectivity index (χ1n) is 4.64. The van der Waals surface area contributed by atoms with Crippen molar-refractivity contribution in [1.29, 1.82) is 0 Å². The van der Waals surface area contributed by atoms with Gasteiger partial charge < -0.3 is 9.47 Å². The van der Waals surface area contributed by atoms with Crippen molar-refractivity contribution >= 4 is 12.6 Å². The van der Waals surface area contributed by atoms with Gasteiger partial charge in [-0.3, -0.25) is 0 Å². The van der Waals surface area contributed by atoms with Crippen LogP contribution in [0.5, 0.6) is 5.75 Å². The molecule has 0 radical (unpaired) electrons. The molecule has 1 heterocycles. The lowest BCUT2D eigenvalue weighted by Crippen LogP contribution is -2.48. The van der Waals surface area contributed by atoms with Crippen LogP contribution in [0.1, 0.15) is 5.56 Å². The standard InChI is InChI=1S/C11H14O2S/c1-12-10-4-2-3-9(5-10)11(8-14)6-13-7-11/h2-5,14H,6-8H2,1H3. The second kappa shape index (κ2) is 3.83. The van der Waals surface area contributed by atoms with Crippen molar-refractivity contribution in [3.8, 4) is 5.75 Å². The van der Waals surface area contributed by atoms with Gasteiger partial charge in [0.1, 0.15) is 5.75 Å². The third-order valence-electron chi connectivity index (χ3n) is 2.74. The summed E-state index contributed by atoms with van der Waals surface area (Å²) in [5, 5.41) is 0. The van der Waals surface area contributed by atoms with Crippen LogP contribution in [0.25, 0.3) is 0 Å². The van der Waals surface area contributed by atoms with E-state index in [0.717, 1.165) is 24.7 Å². The van der Waals surface area contributed by atoms with E-state index in [1.165, 1.54) is 5.56 Å². The van der Waals surface area contributed by atoms with Crippen LogP contribution in [0.15, 0.2) is 24.3 Å². The molecule has 1 saturated heterocycles. The summed E-state index contributed by atoms with van der Waals surface area (Å²) in [5.74, 6) is 1.72. The van der Waals surface area contributed by atoms with E-state index in [-0.39, 0.29) is 5.41 Å². The molecule has 1 aromatic carbocycles. The molecule has 1 aliphatic heterocycles. The quantitative estimate of drug-likeness (QED) is 0.768. The molecule has 0 aromatic heterocycles. The molecule has 2 nitrogen and oxygen atoms in total. The topological polar surface area (TPSA) is 18.5 Å². The van der Waals surface area contributed by atoms with Gasteiger partial charge in [-0.1, -0.05) is 12.1 Å². The minimum absolute atomic E-state index is 0.109. The van der Waals surface area contributed by atoms with E-state index >= 15 is 0 Å². The zero-order valence-electron chi connectivity index (χ0n) is 8.19. The van der Waals surface area contributed by atoms with Gasteiger partial charge in [-0.2, -0.15) is 12.6 Å². The Morgan fingerprint density at radius 1 is 1.50 bits per heavy atom. The van der Waals surface area contributed by atoms with Crippen LogP contribution in [0.4, 0.5) is 0 Å². The van der Waals surface area contributed by atoms with E-state index in [1.54, 1.807) is 7.11 Å². The highest BCUT2D eigenvalue weighted by Crippen LogP contribution is 2.34. The maximum Gasteiger partial charge on any atom is 0.119 e. The average molecular weight is 210 g/mol. The Kier molecular flexibility index (Phi) is 2.70. The van der Waals surface area contributed by atoms with Gasteiger partial charge in [0.15, 0.2) is 0 Å². The van der Waals surface area contributed by atoms with E-state index in [1.807, 2.05) is 12.1 Å². The van der Waals surface area contributed by atoms with E-state index in [0.29, 0.717) is 0 Å². The number of thiol groups is 1. The SMILES string of the molecule is COc1cccc(C2(CS)COC2)c1. The van der Waals surface area contributed by atoms with E-state index in [9.17, 15) is 0 Å². The van der Waals surface area contributed by atoms with Crippen LogP contribution >= 0.6 is 12.6 Å². The molecule has 0 bridgehead atoms. The summed E-state index contributed by atoms with van der Waals surface area (Å²) in [5.41, 5.74) is 1.37. The Morgan fingerprint density at radius 2 is 2.29 bits per heavy atom. The molecule has 0 spiro atoms. The lowest BCUT2D eigenvalue weighted by atomic mass is 9.80. The van der Waals surface area contributed by atoms with Crippen LogP contribution < -0.4 is 4.74 Å². The van der Waals surface area contributed by atoms with Gasteiger partial charge >= 0.3 is 0 Å². The summed E-state index contributed by atoms with van der Waals surface area (Å²) in [6.07, 6.45) is 0. The van der Waals surface area contributed by atoms with Gasteiger partial charge in [0, 0.05) is 5.75 Å². The second-order valence-electron chi connectivity index (χ2n) is 3.66. The highest BCUT2D eigenvalue weighted by atomic mass is 32.1. The summed E-state index contributed by atoms with van der Waals surface area (Å²) in [4.78, 5) is 0. The fraction of sp³-hybridized carbons (Fsp3) is 0.455. The first kappa shape index (κ1) is 9.87. The highest BCUT2D eigenvalue weighted by molar-refractivity contribution is 7.80. The van der Waals surface area contributed by atoms with Crippen LogP contribution in [-0.2, 0) is 10.2 Å². The zero-order chi connectivity index (χ0) is 10.0. The predicted octanol–water partition coefficient (Wildman–Crippen LogP) is 1.89. The molecule has 1 aliphatic rings. The van der Waals surface area contributed by atoms with Crippen LogP contribution in [0.3, 0.4) is 0 Å². The normalized spacial score (nSPS) is 18.7. The Balaban J connectivity index is 2.30. The van der Waals surface area contributed by atoms with Crippen molar-refractivity contribution in [2.75, 3.05) is 26.1 Å². The number of hydrogen-bond acceptors (Lipinski definition) is 3. The molecule has 0 saturated carbocycles. The molecule has 0 amide bonds. The van der Waals surface area contributed by atoms with Crippen molar-refractivity contribution in [3.05, 3.63) is 29.8 Å². The van der Waals surface area contributed by atoms with Crippen molar-refractivity contribution in [3.63, 3.8) is 0 Å². The Morgan fingerprint density at radius 3 is 2.79 bits per heavy atom. The van der Waals surface area contributed by atoms with Crippen LogP contribution in [0.2, 0.25) is 0 Å². The number of methoxy groups -OCH3 is 1. The molecular formula is C11H14O2S. The smallest absolute Gasteiger partial charge is 0.119 e. The first-order chi connectivity index (χ1) is 6.80. The molecule has 1 aromatic rings. The minimum atomic E-state index is 0.109. The van der Waals surface area contributed by atoms with Crippen LogP contribution in [-0.4, -0.2) is 26.1 Å². The number of benzene rings is 1. The summed E-state index contributed by atoms with van der Waals surface area (Å²) < 4.78 is 10.5. The average Bonchev–Trinajstić information content (AvgIpc) is 2.18. The fourth-order valence-electron chi connectivity index (χ4n) is 1.65. The Labute approximate surface area is 89.6 Å². The monoisotopic (exact) mass is 210 g/mol. The molecule has 14 heavy (non-hydrogen) atoms. The first-order valence-corrected chi connectivity index (χ1v) is 5.27. The highest BCUT2D eigenvalue weighted by Gasteiger charge is 2.39. The Hall–Kier alpha value is -0.670. The maximum absolute atomic E-state index is 5.27. The van der Waals surface area contributed by atoms with E-state index in [2.05, 4.69) is 24.8 Å².